The fourth-order valence-corrected chi connectivity index (χ4v) is 6.85. The number of carbonyl (C=O) groups is 2. The molecule has 16 heteroatoms. The fraction of sp³-hybridized carbons (Fsp3) is 0.595. The second kappa shape index (κ2) is 18.1. The van der Waals surface area contributed by atoms with E-state index in [1.807, 2.05) is 58.7 Å². The van der Waals surface area contributed by atoms with Crippen molar-refractivity contribution in [1.82, 2.24) is 29.4 Å². The van der Waals surface area contributed by atoms with Crippen LogP contribution < -0.4 is 14.4 Å². The highest BCUT2D eigenvalue weighted by Gasteiger charge is 2.62. The zero-order chi connectivity index (χ0) is 39.0. The topological polar surface area (TPSA) is 115 Å². The van der Waals surface area contributed by atoms with Gasteiger partial charge >= 0.3 is 12.3 Å². The largest absolute Gasteiger partial charge is 0.477 e. The van der Waals surface area contributed by atoms with E-state index >= 15 is 0 Å². The number of rotatable bonds is 14. The number of pyridine rings is 2. The summed E-state index contributed by atoms with van der Waals surface area (Å²) in [7, 11) is 2.00. The predicted octanol–water partition coefficient (Wildman–Crippen LogP) is 9.14. The number of anilines is 1. The maximum atomic E-state index is 13.1. The van der Waals surface area contributed by atoms with Gasteiger partial charge in [0, 0.05) is 49.5 Å². The van der Waals surface area contributed by atoms with Gasteiger partial charge in [-0.3, -0.25) is 9.52 Å². The van der Waals surface area contributed by atoms with Crippen molar-refractivity contribution in [2.45, 2.75) is 109 Å². The van der Waals surface area contributed by atoms with Gasteiger partial charge in [0.2, 0.25) is 5.88 Å². The maximum Gasteiger partial charge on any atom is 0.410 e. The molecular weight excluding hydrogens is 731 g/mol. The second-order valence-corrected chi connectivity index (χ2v) is 15.6. The van der Waals surface area contributed by atoms with Crippen LogP contribution >= 0.6 is 23.5 Å². The smallest absolute Gasteiger partial charge is 0.410 e. The first-order chi connectivity index (χ1) is 25.0. The Balaban J connectivity index is 0.00000308. The lowest BCUT2D eigenvalue weighted by Crippen LogP contribution is -2.38. The molecule has 1 aliphatic carbocycles. The molecule has 4 heterocycles. The average Bonchev–Trinajstić information content (AvgIpc) is 3.61. The monoisotopic (exact) mass is 781 g/mol. The molecule has 0 radical (unpaired) electrons. The van der Waals surface area contributed by atoms with Gasteiger partial charge in [0.1, 0.15) is 16.6 Å². The van der Waals surface area contributed by atoms with Crippen molar-refractivity contribution in [3.05, 3.63) is 53.4 Å². The molecule has 3 aromatic heterocycles. The Morgan fingerprint density at radius 2 is 1.85 bits per heavy atom. The Labute approximate surface area is 319 Å². The zero-order valence-corrected chi connectivity index (χ0v) is 33.1. The van der Waals surface area contributed by atoms with Gasteiger partial charge < -0.3 is 19.3 Å². The Morgan fingerprint density at radius 3 is 2.47 bits per heavy atom. The molecule has 292 valence electrons. The molecule has 1 saturated carbocycles. The number of aromatic nitrogens is 4. The van der Waals surface area contributed by atoms with E-state index in [1.165, 1.54) is 16.8 Å². The molecule has 0 aromatic carbocycles. The second-order valence-electron chi connectivity index (χ2n) is 14.4. The highest BCUT2D eigenvalue weighted by atomic mass is 35.5. The van der Waals surface area contributed by atoms with E-state index in [9.17, 15) is 22.8 Å². The third-order valence-corrected chi connectivity index (χ3v) is 10.2. The molecule has 2 unspecified atom stereocenters. The van der Waals surface area contributed by atoms with Crippen LogP contribution in [-0.4, -0.2) is 81.2 Å². The minimum atomic E-state index is -4.23. The number of halogens is 4. The minimum absolute atomic E-state index is 0.0395. The molecule has 1 aliphatic heterocycles. The van der Waals surface area contributed by atoms with Crippen molar-refractivity contribution in [2.75, 3.05) is 31.6 Å². The van der Waals surface area contributed by atoms with Crippen LogP contribution in [-0.2, 0) is 4.74 Å². The molecule has 2 amide bonds. The van der Waals surface area contributed by atoms with Crippen molar-refractivity contribution in [3.8, 4) is 11.7 Å². The van der Waals surface area contributed by atoms with E-state index in [0.29, 0.717) is 11.7 Å². The van der Waals surface area contributed by atoms with Gasteiger partial charge in [0.25, 0.3) is 5.91 Å². The van der Waals surface area contributed by atoms with Gasteiger partial charge in [-0.25, -0.2) is 19.4 Å². The summed E-state index contributed by atoms with van der Waals surface area (Å²) in [6.07, 6.45) is 3.00. The third kappa shape index (κ3) is 11.6. The number of nitrogens with one attached hydrogen (secondary N) is 1. The normalized spacial score (nSPS) is 17.8. The quantitative estimate of drug-likeness (QED) is 0.0972. The van der Waals surface area contributed by atoms with E-state index < -0.39 is 23.1 Å². The van der Waals surface area contributed by atoms with Gasteiger partial charge in [-0.2, -0.15) is 13.2 Å². The van der Waals surface area contributed by atoms with Crippen LogP contribution in [0.2, 0.25) is 5.15 Å². The van der Waals surface area contributed by atoms with Crippen LogP contribution in [0.5, 0.6) is 5.88 Å². The highest BCUT2D eigenvalue weighted by Crippen LogP contribution is 2.59. The van der Waals surface area contributed by atoms with Crippen molar-refractivity contribution >= 4 is 41.4 Å². The van der Waals surface area contributed by atoms with Crippen LogP contribution in [0.3, 0.4) is 0 Å². The van der Waals surface area contributed by atoms with Crippen molar-refractivity contribution in [2.24, 2.45) is 11.3 Å². The lowest BCUT2D eigenvalue weighted by molar-refractivity contribution is -0.190. The molecule has 3 aromatic rings. The van der Waals surface area contributed by atoms with Gasteiger partial charge in [0.15, 0.2) is 5.82 Å². The summed E-state index contributed by atoms with van der Waals surface area (Å²) in [5, 5.41) is 4.17. The van der Waals surface area contributed by atoms with Gasteiger partial charge in [-0.1, -0.05) is 31.9 Å². The summed E-state index contributed by atoms with van der Waals surface area (Å²) >= 11 is 7.44. The molecular formula is C37H51ClF3N7O4S. The molecule has 0 bridgehead atoms. The number of hydrogen-bond donors (Lipinski definition) is 1. The van der Waals surface area contributed by atoms with Crippen LogP contribution in [0.25, 0.3) is 5.82 Å². The summed E-state index contributed by atoms with van der Waals surface area (Å²) in [6, 6.07) is 8.56. The Kier molecular flexibility index (Phi) is 14.3. The first kappa shape index (κ1) is 42.0. The number of unbranched alkanes of at least 4 members (excludes halogenated alkanes) is 1. The van der Waals surface area contributed by atoms with Crippen molar-refractivity contribution in [1.29, 1.82) is 0 Å². The lowest BCUT2D eigenvalue weighted by Gasteiger charge is -2.27. The minimum Gasteiger partial charge on any atom is -0.477 e. The average molecular weight is 782 g/mol. The van der Waals surface area contributed by atoms with Gasteiger partial charge in [-0.05, 0) is 108 Å². The van der Waals surface area contributed by atoms with Crippen LogP contribution in [0.15, 0.2) is 47.6 Å². The van der Waals surface area contributed by atoms with Gasteiger partial charge in [-0.15, -0.1) is 5.10 Å². The van der Waals surface area contributed by atoms with E-state index in [0.717, 1.165) is 61.4 Å². The molecule has 5 rings (SSSR count). The lowest BCUT2D eigenvalue weighted by atomic mass is 9.99. The van der Waals surface area contributed by atoms with Crippen molar-refractivity contribution < 1.29 is 32.2 Å². The zero-order valence-electron chi connectivity index (χ0n) is 31.5. The standard InChI is InChI=1S/C35H45ClF3N7O4S.C2H6/c1-23-20-24(22-45(23)32(48)50-33(2,3)4)8-6-7-17-44(5)27-11-9-25(21-40-27)51-43-31(47)26-10-12-28(41-30(26)36)46-18-13-29(42-46)49-19-16-34(14-15-34)35(37,38)39;1-2/h9-13,18,21,23-24H,6-8,14-17,19-20,22H2,1-5H3,(H,43,47);1-2H3. The summed E-state index contributed by atoms with van der Waals surface area (Å²) in [4.78, 5) is 38.9. The summed E-state index contributed by atoms with van der Waals surface area (Å²) in [6.45, 7) is 13.2. The highest BCUT2D eigenvalue weighted by molar-refractivity contribution is 7.98. The summed E-state index contributed by atoms with van der Waals surface area (Å²) < 4.78 is 54.6. The van der Waals surface area contributed by atoms with E-state index in [1.54, 1.807) is 18.5 Å². The number of carbonyl (C=O) groups excluding carboxylic acids is 2. The van der Waals surface area contributed by atoms with E-state index in [2.05, 4.69) is 31.6 Å². The molecule has 2 fully saturated rings. The first-order valence-electron chi connectivity index (χ1n) is 18.1. The molecule has 2 aliphatic rings. The van der Waals surface area contributed by atoms with Crippen molar-refractivity contribution in [3.63, 3.8) is 0 Å². The fourth-order valence-electron chi connectivity index (χ4n) is 6.05. The SMILES string of the molecule is CC.CC1CC(CCCCN(C)c2ccc(SNC(=O)c3ccc(-n4ccc(OCCC5(C(F)(F)F)CC5)n4)nc3Cl)cn2)CN1C(=O)OC(C)(C)C. The number of ether oxygens (including phenoxy) is 2. The van der Waals surface area contributed by atoms with Gasteiger partial charge in [0.05, 0.1) is 17.6 Å². The Morgan fingerprint density at radius 1 is 1.11 bits per heavy atom. The van der Waals surface area contributed by atoms with E-state index in [-0.39, 0.29) is 54.6 Å². The summed E-state index contributed by atoms with van der Waals surface area (Å²) in [5.74, 6) is 1.33. The molecule has 2 atom stereocenters. The number of likely N-dealkylation sites (tertiary alicyclic amines) is 1. The first-order valence-corrected chi connectivity index (χ1v) is 19.3. The van der Waals surface area contributed by atoms with Crippen LogP contribution in [0, 0.1) is 11.3 Å². The summed E-state index contributed by atoms with van der Waals surface area (Å²) in [5.41, 5.74) is -1.98. The van der Waals surface area contributed by atoms with Crippen LogP contribution in [0.1, 0.15) is 96.8 Å². The third-order valence-electron chi connectivity index (χ3n) is 9.18. The Bertz CT molecular complexity index is 1660. The number of alkyl halides is 3. The number of hydrogen-bond acceptors (Lipinski definition) is 9. The molecule has 1 saturated heterocycles. The number of nitrogens with zero attached hydrogens (tertiary/aromatic N) is 6. The molecule has 1 N–H and O–H groups in total. The Hall–Kier alpha value is -3.72. The van der Waals surface area contributed by atoms with E-state index in [4.69, 9.17) is 21.1 Å². The maximum absolute atomic E-state index is 13.1. The molecule has 0 spiro atoms. The molecule has 53 heavy (non-hydrogen) atoms. The number of amides is 2. The van der Waals surface area contributed by atoms with Crippen LogP contribution in [0.4, 0.5) is 23.8 Å². The predicted molar refractivity (Wildman–Crippen MR) is 201 cm³/mol. The molecule has 11 nitrogen and oxygen atoms in total.